The fraction of sp³-hybridized carbons (Fsp3) is 0.933. The lowest BCUT2D eigenvalue weighted by molar-refractivity contribution is -0.132. The molecule has 0 N–H and O–H groups in total. The Balaban J connectivity index is 4.29. The van der Waals surface area contributed by atoms with Crippen molar-refractivity contribution >= 4 is 11.8 Å². The number of carbonyl (C=O) groups excluding carboxylic acids is 2. The van der Waals surface area contributed by atoms with Crippen molar-refractivity contribution in [3.8, 4) is 0 Å². The summed E-state index contributed by atoms with van der Waals surface area (Å²) >= 11 is 0. The van der Waals surface area contributed by atoms with Gasteiger partial charge in [0.25, 0.3) is 0 Å². The Kier molecular flexibility index (Phi) is 17.7. The van der Waals surface area contributed by atoms with Crippen molar-refractivity contribution in [2.45, 2.75) is 144 Å². The summed E-state index contributed by atoms with van der Waals surface area (Å²) in [6.45, 7) is 15.1. The minimum absolute atomic E-state index is 0.0733. The van der Waals surface area contributed by atoms with Crippen molar-refractivity contribution in [3.05, 3.63) is 0 Å². The lowest BCUT2D eigenvalue weighted by Gasteiger charge is -2.36. The van der Waals surface area contributed by atoms with E-state index in [-0.39, 0.29) is 22.6 Å². The van der Waals surface area contributed by atoms with Crippen LogP contribution in [0.5, 0.6) is 0 Å². The first-order valence-corrected chi connectivity index (χ1v) is 14.4. The molecule has 0 unspecified atom stereocenters. The topological polar surface area (TPSA) is 40.6 Å². The standard InChI is InChI=1S/C30H60N2O2/c1-9-11-13-15-17-19-21-27(33)31(7)25-29(3,4)23-24-30(5,6)26-32(8)28(34)22-20-18-16-14-12-10-2/h9-26H2,1-8H3. The van der Waals surface area contributed by atoms with Crippen molar-refractivity contribution in [3.63, 3.8) is 0 Å². The van der Waals surface area contributed by atoms with Crippen LogP contribution in [0, 0.1) is 10.8 Å². The summed E-state index contributed by atoms with van der Waals surface area (Å²) in [7, 11) is 3.92. The third-order valence-electron chi connectivity index (χ3n) is 7.15. The Labute approximate surface area is 213 Å². The van der Waals surface area contributed by atoms with Crippen molar-refractivity contribution in [2.75, 3.05) is 27.2 Å². The molecule has 0 bridgehead atoms. The molecule has 0 aliphatic carbocycles. The summed E-state index contributed by atoms with van der Waals surface area (Å²) in [4.78, 5) is 29.0. The summed E-state index contributed by atoms with van der Waals surface area (Å²) in [5.41, 5.74) is 0.147. The van der Waals surface area contributed by atoms with Gasteiger partial charge in [0.2, 0.25) is 11.8 Å². The van der Waals surface area contributed by atoms with E-state index in [0.717, 1.165) is 38.8 Å². The molecular formula is C30H60N2O2. The highest BCUT2D eigenvalue weighted by molar-refractivity contribution is 5.76. The number of amides is 2. The van der Waals surface area contributed by atoms with Crippen LogP contribution in [0.4, 0.5) is 0 Å². The van der Waals surface area contributed by atoms with Crippen LogP contribution in [0.2, 0.25) is 0 Å². The Bertz CT molecular complexity index is 494. The average Bonchev–Trinajstić information content (AvgIpc) is 2.76. The number of nitrogens with zero attached hydrogens (tertiary/aromatic N) is 2. The van der Waals surface area contributed by atoms with Crippen LogP contribution in [0.15, 0.2) is 0 Å². The molecule has 0 fully saturated rings. The first-order chi connectivity index (χ1) is 15.9. The Morgan fingerprint density at radius 2 is 0.824 bits per heavy atom. The third kappa shape index (κ3) is 17.4. The normalized spacial score (nSPS) is 12.1. The molecule has 0 saturated heterocycles. The Morgan fingerprint density at radius 1 is 0.529 bits per heavy atom. The molecule has 0 aliphatic heterocycles. The second kappa shape index (κ2) is 18.2. The van der Waals surface area contributed by atoms with Crippen molar-refractivity contribution in [2.24, 2.45) is 10.8 Å². The van der Waals surface area contributed by atoms with Gasteiger partial charge < -0.3 is 9.80 Å². The lowest BCUT2D eigenvalue weighted by Crippen LogP contribution is -2.38. The number of unbranched alkanes of at least 4 members (excludes halogenated alkanes) is 10. The minimum atomic E-state index is 0.0733. The van der Waals surface area contributed by atoms with E-state index in [1.165, 1.54) is 64.2 Å². The van der Waals surface area contributed by atoms with Gasteiger partial charge in [0.15, 0.2) is 0 Å². The molecule has 4 heteroatoms. The second-order valence-corrected chi connectivity index (χ2v) is 12.4. The maximum atomic E-state index is 12.6. The zero-order valence-corrected chi connectivity index (χ0v) is 24.4. The third-order valence-corrected chi connectivity index (χ3v) is 7.15. The monoisotopic (exact) mass is 480 g/mol. The fourth-order valence-corrected chi connectivity index (χ4v) is 4.79. The highest BCUT2D eigenvalue weighted by atomic mass is 16.2. The highest BCUT2D eigenvalue weighted by Gasteiger charge is 2.28. The van der Waals surface area contributed by atoms with E-state index in [1.54, 1.807) is 0 Å². The zero-order chi connectivity index (χ0) is 26.0. The molecule has 0 saturated carbocycles. The molecule has 0 aliphatic rings. The molecular weight excluding hydrogens is 420 g/mol. The molecule has 202 valence electrons. The van der Waals surface area contributed by atoms with Crippen LogP contribution < -0.4 is 0 Å². The van der Waals surface area contributed by atoms with Gasteiger partial charge in [0.1, 0.15) is 0 Å². The number of rotatable bonds is 21. The smallest absolute Gasteiger partial charge is 0.222 e. The largest absolute Gasteiger partial charge is 0.345 e. The van der Waals surface area contributed by atoms with Gasteiger partial charge in [-0.15, -0.1) is 0 Å². The Morgan fingerprint density at radius 3 is 1.15 bits per heavy atom. The fourth-order valence-electron chi connectivity index (χ4n) is 4.79. The molecule has 0 aromatic heterocycles. The predicted octanol–water partition coefficient (Wildman–Crippen LogP) is 8.24. The van der Waals surface area contributed by atoms with Gasteiger partial charge in [-0.25, -0.2) is 0 Å². The van der Waals surface area contributed by atoms with Crippen molar-refractivity contribution in [1.29, 1.82) is 0 Å². The van der Waals surface area contributed by atoms with Crippen LogP contribution in [-0.2, 0) is 9.59 Å². The SMILES string of the molecule is CCCCCCCCC(=O)N(C)CC(C)(C)CCC(C)(C)CN(C)C(=O)CCCCCCCC. The minimum Gasteiger partial charge on any atom is -0.345 e. The Hall–Kier alpha value is -1.06. The van der Waals surface area contributed by atoms with E-state index in [1.807, 2.05) is 23.9 Å². The highest BCUT2D eigenvalue weighted by Crippen LogP contribution is 2.32. The van der Waals surface area contributed by atoms with E-state index in [9.17, 15) is 9.59 Å². The molecule has 0 rings (SSSR count). The summed E-state index contributed by atoms with van der Waals surface area (Å²) in [6.07, 6.45) is 18.0. The summed E-state index contributed by atoms with van der Waals surface area (Å²) < 4.78 is 0. The summed E-state index contributed by atoms with van der Waals surface area (Å²) in [6, 6.07) is 0. The second-order valence-electron chi connectivity index (χ2n) is 12.4. The van der Waals surface area contributed by atoms with Gasteiger partial charge in [0.05, 0.1) is 0 Å². The first-order valence-electron chi connectivity index (χ1n) is 14.4. The van der Waals surface area contributed by atoms with Gasteiger partial charge in [0, 0.05) is 40.0 Å². The summed E-state index contributed by atoms with van der Waals surface area (Å²) in [5, 5.41) is 0. The summed E-state index contributed by atoms with van der Waals surface area (Å²) in [5.74, 6) is 0.561. The van der Waals surface area contributed by atoms with E-state index in [4.69, 9.17) is 0 Å². The number of hydrogen-bond acceptors (Lipinski definition) is 2. The molecule has 0 aromatic rings. The molecule has 0 atom stereocenters. The maximum Gasteiger partial charge on any atom is 0.222 e. The van der Waals surface area contributed by atoms with Crippen molar-refractivity contribution in [1.82, 2.24) is 9.80 Å². The zero-order valence-electron chi connectivity index (χ0n) is 24.4. The van der Waals surface area contributed by atoms with Crippen LogP contribution in [-0.4, -0.2) is 48.8 Å². The van der Waals surface area contributed by atoms with Gasteiger partial charge >= 0.3 is 0 Å². The van der Waals surface area contributed by atoms with Gasteiger partial charge in [-0.3, -0.25) is 9.59 Å². The van der Waals surface area contributed by atoms with Gasteiger partial charge in [-0.1, -0.05) is 106 Å². The number of carbonyl (C=O) groups is 2. The van der Waals surface area contributed by atoms with Gasteiger partial charge in [-0.05, 0) is 36.5 Å². The molecule has 4 nitrogen and oxygen atoms in total. The molecule has 2 amide bonds. The lowest BCUT2D eigenvalue weighted by atomic mass is 9.78. The molecule has 0 heterocycles. The molecule has 0 aromatic carbocycles. The van der Waals surface area contributed by atoms with Crippen LogP contribution in [0.1, 0.15) is 144 Å². The molecule has 34 heavy (non-hydrogen) atoms. The molecule has 0 spiro atoms. The van der Waals surface area contributed by atoms with Crippen LogP contribution in [0.3, 0.4) is 0 Å². The average molecular weight is 481 g/mol. The van der Waals surface area contributed by atoms with E-state index >= 15 is 0 Å². The van der Waals surface area contributed by atoms with E-state index in [2.05, 4.69) is 41.5 Å². The number of hydrogen-bond donors (Lipinski definition) is 0. The first kappa shape index (κ1) is 32.9. The van der Waals surface area contributed by atoms with Crippen molar-refractivity contribution < 1.29 is 9.59 Å². The predicted molar refractivity (Wildman–Crippen MR) is 148 cm³/mol. The van der Waals surface area contributed by atoms with E-state index < -0.39 is 0 Å². The van der Waals surface area contributed by atoms with Crippen LogP contribution in [0.25, 0.3) is 0 Å². The molecule has 0 radical (unpaired) electrons. The van der Waals surface area contributed by atoms with E-state index in [0.29, 0.717) is 12.8 Å². The van der Waals surface area contributed by atoms with Crippen LogP contribution >= 0.6 is 0 Å². The maximum absolute atomic E-state index is 12.6. The van der Waals surface area contributed by atoms with Gasteiger partial charge in [-0.2, -0.15) is 0 Å². The quantitative estimate of drug-likeness (QED) is 0.155.